The van der Waals surface area contributed by atoms with E-state index in [1.807, 2.05) is 0 Å². The van der Waals surface area contributed by atoms with Crippen LogP contribution in [0.25, 0.3) is 11.2 Å². The Morgan fingerprint density at radius 1 is 1.47 bits per heavy atom. The standard InChI is InChI=1S/C10H13FN6O2/c11-4-1-6(19-5(4)2-18)17-3-14-7-8(12)15-10(13)16-9(7)17/h3-6,18H,1-2H2,(H4,12,13,15,16)/t4?,5-,6-/m1/s1. The number of fused-ring (bicyclic) bond motifs is 1. The molecule has 0 radical (unpaired) electrons. The van der Waals surface area contributed by atoms with Gasteiger partial charge < -0.3 is 21.3 Å². The third-order valence-corrected chi connectivity index (χ3v) is 3.12. The predicted octanol–water partition coefficient (Wildman–Crippen LogP) is -0.391. The minimum Gasteiger partial charge on any atom is -0.394 e. The van der Waals surface area contributed by atoms with E-state index in [0.29, 0.717) is 11.2 Å². The number of aromatic nitrogens is 4. The Morgan fingerprint density at radius 2 is 2.26 bits per heavy atom. The van der Waals surface area contributed by atoms with Crippen LogP contribution in [0.15, 0.2) is 6.33 Å². The molecule has 0 spiro atoms. The zero-order valence-corrected chi connectivity index (χ0v) is 9.90. The van der Waals surface area contributed by atoms with Gasteiger partial charge in [-0.3, -0.25) is 4.57 Å². The molecule has 3 heterocycles. The normalized spacial score (nSPS) is 27.2. The molecule has 2 aromatic rings. The molecule has 0 aliphatic carbocycles. The van der Waals surface area contributed by atoms with Crippen LogP contribution < -0.4 is 11.5 Å². The summed E-state index contributed by atoms with van der Waals surface area (Å²) in [6, 6.07) is 0. The predicted molar refractivity (Wildman–Crippen MR) is 64.7 cm³/mol. The summed E-state index contributed by atoms with van der Waals surface area (Å²) >= 11 is 0. The Kier molecular flexibility index (Phi) is 2.72. The van der Waals surface area contributed by atoms with Gasteiger partial charge in [-0.1, -0.05) is 0 Å². The van der Waals surface area contributed by atoms with Crippen molar-refractivity contribution in [1.82, 2.24) is 19.5 Å². The van der Waals surface area contributed by atoms with E-state index in [-0.39, 0.29) is 24.8 Å². The summed E-state index contributed by atoms with van der Waals surface area (Å²) in [5.41, 5.74) is 12.0. The molecule has 1 aliphatic rings. The molecule has 0 saturated carbocycles. The maximum absolute atomic E-state index is 13.6. The summed E-state index contributed by atoms with van der Waals surface area (Å²) in [6.07, 6.45) is -1.10. The monoisotopic (exact) mass is 268 g/mol. The van der Waals surface area contributed by atoms with Gasteiger partial charge in [-0.25, -0.2) is 9.37 Å². The fourth-order valence-electron chi connectivity index (χ4n) is 2.19. The third-order valence-electron chi connectivity index (χ3n) is 3.12. The highest BCUT2D eigenvalue weighted by molar-refractivity contribution is 5.82. The topological polar surface area (TPSA) is 125 Å². The van der Waals surface area contributed by atoms with E-state index in [0.717, 1.165) is 0 Å². The van der Waals surface area contributed by atoms with Crippen LogP contribution in [0, 0.1) is 0 Å². The van der Waals surface area contributed by atoms with Crippen molar-refractivity contribution >= 4 is 22.9 Å². The Labute approximate surface area is 107 Å². The molecule has 2 aromatic heterocycles. The number of halogens is 1. The molecular formula is C10H13FN6O2. The summed E-state index contributed by atoms with van der Waals surface area (Å²) in [6.45, 7) is -0.371. The summed E-state index contributed by atoms with van der Waals surface area (Å²) in [7, 11) is 0. The third kappa shape index (κ3) is 1.87. The number of nitrogens with two attached hydrogens (primary N) is 2. The number of imidazole rings is 1. The quantitative estimate of drug-likeness (QED) is 0.677. The Morgan fingerprint density at radius 3 is 2.95 bits per heavy atom. The number of alkyl halides is 1. The second-order valence-electron chi connectivity index (χ2n) is 4.35. The molecule has 1 fully saturated rings. The summed E-state index contributed by atoms with van der Waals surface area (Å²) < 4.78 is 20.5. The smallest absolute Gasteiger partial charge is 0.224 e. The minimum atomic E-state index is -1.23. The van der Waals surface area contributed by atoms with E-state index in [2.05, 4.69) is 15.0 Å². The number of nitrogens with zero attached hydrogens (tertiary/aromatic N) is 4. The van der Waals surface area contributed by atoms with Gasteiger partial charge in [-0.15, -0.1) is 0 Å². The number of hydrogen-bond donors (Lipinski definition) is 3. The van der Waals surface area contributed by atoms with Crippen molar-refractivity contribution in [3.8, 4) is 0 Å². The van der Waals surface area contributed by atoms with E-state index >= 15 is 0 Å². The van der Waals surface area contributed by atoms with Crippen molar-refractivity contribution in [1.29, 1.82) is 0 Å². The van der Waals surface area contributed by atoms with Gasteiger partial charge in [0.15, 0.2) is 11.5 Å². The first-order chi connectivity index (χ1) is 9.10. The minimum absolute atomic E-state index is 0.0141. The van der Waals surface area contributed by atoms with Crippen LogP contribution in [0.2, 0.25) is 0 Å². The second-order valence-corrected chi connectivity index (χ2v) is 4.35. The molecule has 8 nitrogen and oxygen atoms in total. The average Bonchev–Trinajstić information content (AvgIpc) is 2.92. The van der Waals surface area contributed by atoms with Gasteiger partial charge in [0, 0.05) is 6.42 Å². The zero-order chi connectivity index (χ0) is 13.6. The first kappa shape index (κ1) is 12.1. The Hall–Kier alpha value is -2.00. The first-order valence-electron chi connectivity index (χ1n) is 5.76. The largest absolute Gasteiger partial charge is 0.394 e. The van der Waals surface area contributed by atoms with E-state index < -0.39 is 18.5 Å². The van der Waals surface area contributed by atoms with Gasteiger partial charge in [-0.05, 0) is 0 Å². The number of hydrogen-bond acceptors (Lipinski definition) is 7. The van der Waals surface area contributed by atoms with Crippen molar-refractivity contribution in [3.05, 3.63) is 6.33 Å². The maximum Gasteiger partial charge on any atom is 0.224 e. The van der Waals surface area contributed by atoms with E-state index in [4.69, 9.17) is 21.3 Å². The molecule has 0 aromatic carbocycles. The van der Waals surface area contributed by atoms with Crippen molar-refractivity contribution in [2.24, 2.45) is 0 Å². The lowest BCUT2D eigenvalue weighted by Gasteiger charge is -2.13. The van der Waals surface area contributed by atoms with Crippen LogP contribution in [0.4, 0.5) is 16.2 Å². The number of aliphatic hydroxyl groups is 1. The highest BCUT2D eigenvalue weighted by Crippen LogP contribution is 2.33. The molecule has 3 atom stereocenters. The van der Waals surface area contributed by atoms with Crippen molar-refractivity contribution in [2.75, 3.05) is 18.1 Å². The number of nitrogen functional groups attached to an aromatic ring is 2. The van der Waals surface area contributed by atoms with Gasteiger partial charge >= 0.3 is 0 Å². The SMILES string of the molecule is Nc1nc(N)c2ncn([C@H]3CC(F)[C@@H](CO)O3)c2n1. The highest BCUT2D eigenvalue weighted by Gasteiger charge is 2.36. The van der Waals surface area contributed by atoms with Crippen LogP contribution in [-0.4, -0.2) is 43.5 Å². The van der Waals surface area contributed by atoms with Crippen LogP contribution in [-0.2, 0) is 4.74 Å². The van der Waals surface area contributed by atoms with Crippen LogP contribution in [0.5, 0.6) is 0 Å². The van der Waals surface area contributed by atoms with Gasteiger partial charge in [0.25, 0.3) is 0 Å². The summed E-state index contributed by atoms with van der Waals surface area (Å²) in [5, 5.41) is 9.00. The second kappa shape index (κ2) is 4.28. The average molecular weight is 268 g/mol. The van der Waals surface area contributed by atoms with Crippen molar-refractivity contribution in [2.45, 2.75) is 24.9 Å². The number of ether oxygens (including phenoxy) is 1. The van der Waals surface area contributed by atoms with Gasteiger partial charge in [0.05, 0.1) is 12.9 Å². The lowest BCUT2D eigenvalue weighted by molar-refractivity contribution is -0.0323. The number of rotatable bonds is 2. The zero-order valence-electron chi connectivity index (χ0n) is 9.90. The number of anilines is 2. The lowest BCUT2D eigenvalue weighted by atomic mass is 10.2. The molecule has 0 bridgehead atoms. The molecular weight excluding hydrogens is 255 g/mol. The van der Waals surface area contributed by atoms with Crippen LogP contribution >= 0.6 is 0 Å². The molecule has 1 aliphatic heterocycles. The Bertz CT molecular complexity index is 617. The Balaban J connectivity index is 2.02. The van der Waals surface area contributed by atoms with E-state index in [1.54, 1.807) is 4.57 Å². The summed E-state index contributed by atoms with van der Waals surface area (Å²) in [5.74, 6) is 0.176. The molecule has 3 rings (SSSR count). The van der Waals surface area contributed by atoms with E-state index in [1.165, 1.54) is 6.33 Å². The molecule has 9 heteroatoms. The molecule has 0 amide bonds. The maximum atomic E-state index is 13.6. The van der Waals surface area contributed by atoms with Gasteiger partial charge in [0.2, 0.25) is 5.95 Å². The van der Waals surface area contributed by atoms with Crippen molar-refractivity contribution < 1.29 is 14.2 Å². The van der Waals surface area contributed by atoms with Crippen molar-refractivity contribution in [3.63, 3.8) is 0 Å². The van der Waals surface area contributed by atoms with Crippen LogP contribution in [0.1, 0.15) is 12.6 Å². The first-order valence-corrected chi connectivity index (χ1v) is 5.76. The molecule has 19 heavy (non-hydrogen) atoms. The van der Waals surface area contributed by atoms with Crippen LogP contribution in [0.3, 0.4) is 0 Å². The highest BCUT2D eigenvalue weighted by atomic mass is 19.1. The molecule has 102 valence electrons. The molecule has 1 saturated heterocycles. The van der Waals surface area contributed by atoms with Gasteiger partial charge in [0.1, 0.15) is 24.0 Å². The van der Waals surface area contributed by atoms with E-state index in [9.17, 15) is 4.39 Å². The molecule has 5 N–H and O–H groups in total. The lowest BCUT2D eigenvalue weighted by Crippen LogP contribution is -2.21. The molecule has 1 unspecified atom stereocenters. The fraction of sp³-hybridized carbons (Fsp3) is 0.500. The van der Waals surface area contributed by atoms with Gasteiger partial charge in [-0.2, -0.15) is 9.97 Å². The number of aliphatic hydroxyl groups excluding tert-OH is 1. The summed E-state index contributed by atoms with van der Waals surface area (Å²) in [4.78, 5) is 11.9. The fourth-order valence-corrected chi connectivity index (χ4v) is 2.19.